The molecule has 1 N–H and O–H groups in total. The van der Waals surface area contributed by atoms with Crippen LogP contribution in [0.2, 0.25) is 0 Å². The van der Waals surface area contributed by atoms with Gasteiger partial charge in [-0.3, -0.25) is 0 Å². The van der Waals surface area contributed by atoms with Crippen molar-refractivity contribution in [1.82, 2.24) is 15.1 Å². The Morgan fingerprint density at radius 2 is 2.05 bits per heavy atom. The van der Waals surface area contributed by atoms with E-state index in [-0.39, 0.29) is 0 Å². The maximum Gasteiger partial charge on any atom is 0.00684 e. The summed E-state index contributed by atoms with van der Waals surface area (Å²) in [6, 6.07) is 0.833. The molecule has 0 aromatic carbocycles. The second-order valence-corrected chi connectivity index (χ2v) is 7.83. The average molecular weight is 281 g/mol. The first-order valence-electron chi connectivity index (χ1n) is 8.61. The second-order valence-electron chi connectivity index (χ2n) is 7.83. The summed E-state index contributed by atoms with van der Waals surface area (Å²) in [5, 5.41) is 3.75. The van der Waals surface area contributed by atoms with E-state index in [1.807, 2.05) is 0 Å². The van der Waals surface area contributed by atoms with Gasteiger partial charge in [-0.2, -0.15) is 0 Å². The molecule has 2 fully saturated rings. The summed E-state index contributed by atoms with van der Waals surface area (Å²) < 4.78 is 0. The van der Waals surface area contributed by atoms with E-state index in [4.69, 9.17) is 0 Å². The van der Waals surface area contributed by atoms with Crippen LogP contribution in [0.15, 0.2) is 0 Å². The minimum Gasteiger partial charge on any atom is -0.313 e. The zero-order valence-corrected chi connectivity index (χ0v) is 14.1. The van der Waals surface area contributed by atoms with Gasteiger partial charge in [-0.25, -0.2) is 0 Å². The molecule has 0 aromatic heterocycles. The van der Waals surface area contributed by atoms with Crippen LogP contribution < -0.4 is 5.32 Å². The molecule has 2 rings (SSSR count). The fourth-order valence-electron chi connectivity index (χ4n) is 3.84. The van der Waals surface area contributed by atoms with E-state index in [0.29, 0.717) is 5.41 Å². The highest BCUT2D eigenvalue weighted by Crippen LogP contribution is 2.27. The van der Waals surface area contributed by atoms with Crippen LogP contribution in [-0.4, -0.2) is 62.7 Å². The molecule has 1 heterocycles. The Morgan fingerprint density at radius 1 is 1.30 bits per heavy atom. The minimum absolute atomic E-state index is 0.441. The first kappa shape index (κ1) is 16.3. The number of nitrogens with zero attached hydrogens (tertiary/aromatic N) is 2. The Bertz CT molecular complexity index is 290. The minimum atomic E-state index is 0.441. The SMILES string of the molecule is CCCC(C)(CNC1CC1)CN(C)CC1CCN(C)C1. The van der Waals surface area contributed by atoms with E-state index >= 15 is 0 Å². The summed E-state index contributed by atoms with van der Waals surface area (Å²) in [4.78, 5) is 5.06. The van der Waals surface area contributed by atoms with Gasteiger partial charge in [0.2, 0.25) is 0 Å². The van der Waals surface area contributed by atoms with Crippen molar-refractivity contribution >= 4 is 0 Å². The van der Waals surface area contributed by atoms with Gasteiger partial charge in [-0.15, -0.1) is 0 Å². The van der Waals surface area contributed by atoms with Crippen molar-refractivity contribution in [3.8, 4) is 0 Å². The lowest BCUT2D eigenvalue weighted by molar-refractivity contribution is 0.157. The van der Waals surface area contributed by atoms with Crippen molar-refractivity contribution in [1.29, 1.82) is 0 Å². The van der Waals surface area contributed by atoms with Crippen molar-refractivity contribution in [3.63, 3.8) is 0 Å². The lowest BCUT2D eigenvalue weighted by Gasteiger charge is -2.35. The molecule has 3 nitrogen and oxygen atoms in total. The van der Waals surface area contributed by atoms with Gasteiger partial charge >= 0.3 is 0 Å². The molecule has 1 aliphatic carbocycles. The third kappa shape index (κ3) is 5.34. The predicted octanol–water partition coefficient (Wildman–Crippen LogP) is 2.43. The van der Waals surface area contributed by atoms with E-state index in [1.165, 1.54) is 64.8 Å². The van der Waals surface area contributed by atoms with E-state index in [0.717, 1.165) is 12.0 Å². The van der Waals surface area contributed by atoms with Crippen LogP contribution in [0.3, 0.4) is 0 Å². The molecule has 1 aliphatic heterocycles. The molecular formula is C17H35N3. The monoisotopic (exact) mass is 281 g/mol. The van der Waals surface area contributed by atoms with Crippen LogP contribution in [-0.2, 0) is 0 Å². The molecule has 2 atom stereocenters. The van der Waals surface area contributed by atoms with E-state index in [2.05, 4.69) is 43.1 Å². The Kier molecular flexibility index (Phi) is 5.88. The van der Waals surface area contributed by atoms with Crippen LogP contribution in [0.4, 0.5) is 0 Å². The molecule has 0 bridgehead atoms. The quantitative estimate of drug-likeness (QED) is 0.700. The van der Waals surface area contributed by atoms with Gasteiger partial charge in [0.1, 0.15) is 0 Å². The zero-order chi connectivity index (χ0) is 14.6. The third-order valence-electron chi connectivity index (χ3n) is 4.96. The summed E-state index contributed by atoms with van der Waals surface area (Å²) in [5.41, 5.74) is 0.441. The van der Waals surface area contributed by atoms with Crippen molar-refractivity contribution in [3.05, 3.63) is 0 Å². The molecule has 0 radical (unpaired) electrons. The van der Waals surface area contributed by atoms with Crippen LogP contribution in [0.1, 0.15) is 46.0 Å². The van der Waals surface area contributed by atoms with Crippen LogP contribution >= 0.6 is 0 Å². The fraction of sp³-hybridized carbons (Fsp3) is 1.00. The Balaban J connectivity index is 1.76. The van der Waals surface area contributed by atoms with Crippen molar-refractivity contribution in [2.75, 3.05) is 46.8 Å². The first-order chi connectivity index (χ1) is 9.50. The Labute approximate surface area is 126 Å². The van der Waals surface area contributed by atoms with Gasteiger partial charge in [0, 0.05) is 32.2 Å². The fourth-order valence-corrected chi connectivity index (χ4v) is 3.84. The van der Waals surface area contributed by atoms with Gasteiger partial charge in [0.05, 0.1) is 0 Å². The van der Waals surface area contributed by atoms with Gasteiger partial charge in [-0.1, -0.05) is 20.3 Å². The standard InChI is InChI=1S/C17H35N3/c1-5-9-17(2,13-18-16-6-7-16)14-20(4)12-15-8-10-19(3)11-15/h15-16,18H,5-14H2,1-4H3. The summed E-state index contributed by atoms with van der Waals surface area (Å²) in [7, 11) is 4.57. The molecule has 20 heavy (non-hydrogen) atoms. The summed E-state index contributed by atoms with van der Waals surface area (Å²) in [6.07, 6.45) is 6.80. The highest BCUT2D eigenvalue weighted by molar-refractivity contribution is 4.87. The van der Waals surface area contributed by atoms with Gasteiger partial charge in [-0.05, 0) is 57.7 Å². The molecule has 1 saturated carbocycles. The Morgan fingerprint density at radius 3 is 2.60 bits per heavy atom. The summed E-state index contributed by atoms with van der Waals surface area (Å²) in [6.45, 7) is 11.1. The maximum atomic E-state index is 3.75. The third-order valence-corrected chi connectivity index (χ3v) is 4.96. The van der Waals surface area contributed by atoms with Gasteiger partial charge in [0.15, 0.2) is 0 Å². The smallest absolute Gasteiger partial charge is 0.00684 e. The molecule has 3 heteroatoms. The molecule has 2 unspecified atom stereocenters. The van der Waals surface area contributed by atoms with Crippen LogP contribution in [0.5, 0.6) is 0 Å². The zero-order valence-electron chi connectivity index (χ0n) is 14.1. The maximum absolute atomic E-state index is 3.75. The van der Waals surface area contributed by atoms with E-state index in [9.17, 15) is 0 Å². The van der Waals surface area contributed by atoms with Gasteiger partial charge in [0.25, 0.3) is 0 Å². The lowest BCUT2D eigenvalue weighted by Crippen LogP contribution is -2.43. The lowest BCUT2D eigenvalue weighted by atomic mass is 9.84. The number of rotatable bonds is 9. The van der Waals surface area contributed by atoms with Crippen molar-refractivity contribution in [2.24, 2.45) is 11.3 Å². The topological polar surface area (TPSA) is 18.5 Å². The van der Waals surface area contributed by atoms with E-state index < -0.39 is 0 Å². The molecular weight excluding hydrogens is 246 g/mol. The van der Waals surface area contributed by atoms with Crippen LogP contribution in [0, 0.1) is 11.3 Å². The molecule has 0 spiro atoms. The highest BCUT2D eigenvalue weighted by Gasteiger charge is 2.30. The van der Waals surface area contributed by atoms with Crippen molar-refractivity contribution in [2.45, 2.75) is 52.0 Å². The summed E-state index contributed by atoms with van der Waals surface area (Å²) in [5.74, 6) is 0.882. The van der Waals surface area contributed by atoms with E-state index in [1.54, 1.807) is 0 Å². The molecule has 0 amide bonds. The predicted molar refractivity (Wildman–Crippen MR) is 87.1 cm³/mol. The number of likely N-dealkylation sites (tertiary alicyclic amines) is 1. The highest BCUT2D eigenvalue weighted by atomic mass is 15.2. The second kappa shape index (κ2) is 7.24. The number of nitrogens with one attached hydrogen (secondary N) is 1. The van der Waals surface area contributed by atoms with Crippen LogP contribution in [0.25, 0.3) is 0 Å². The average Bonchev–Trinajstić information content (AvgIpc) is 3.11. The number of hydrogen-bond acceptors (Lipinski definition) is 3. The molecule has 118 valence electrons. The number of hydrogen-bond donors (Lipinski definition) is 1. The Hall–Kier alpha value is -0.120. The van der Waals surface area contributed by atoms with Gasteiger partial charge < -0.3 is 15.1 Å². The molecule has 0 aromatic rings. The largest absolute Gasteiger partial charge is 0.313 e. The normalized spacial score (nSPS) is 27.1. The first-order valence-corrected chi connectivity index (χ1v) is 8.61. The summed E-state index contributed by atoms with van der Waals surface area (Å²) >= 11 is 0. The molecule has 2 aliphatic rings. The molecule has 1 saturated heterocycles. The van der Waals surface area contributed by atoms with Crippen molar-refractivity contribution < 1.29 is 0 Å².